The number of rotatable bonds is 12. The fraction of sp³-hybridized carbons (Fsp3) is 0.360. The average molecular weight is 485 g/mol. The van der Waals surface area contributed by atoms with Crippen LogP contribution >= 0.6 is 15.9 Å². The van der Waals surface area contributed by atoms with Crippen molar-refractivity contribution < 1.29 is 14.8 Å². The molecule has 0 radical (unpaired) electrons. The van der Waals surface area contributed by atoms with E-state index < -0.39 is 0 Å². The summed E-state index contributed by atoms with van der Waals surface area (Å²) in [5.74, 6) is -0.122. The minimum absolute atomic E-state index is 0.0319. The molecule has 0 fully saturated rings. The molecule has 164 valence electrons. The Kier molecular flexibility index (Phi) is 8.85. The van der Waals surface area contributed by atoms with E-state index in [4.69, 9.17) is 5.21 Å². The largest absolute Gasteiger partial charge is 0.361 e. The Morgan fingerprint density at radius 3 is 2.52 bits per heavy atom. The van der Waals surface area contributed by atoms with Crippen LogP contribution in [0.2, 0.25) is 0 Å². The number of unbranched alkanes of at least 4 members (excludes halogenated alkanes) is 2. The van der Waals surface area contributed by atoms with Gasteiger partial charge in [0, 0.05) is 40.3 Å². The molecule has 0 bridgehead atoms. The molecule has 1 amide bonds. The number of aromatic nitrogens is 1. The van der Waals surface area contributed by atoms with Crippen molar-refractivity contribution in [2.24, 2.45) is 5.92 Å². The lowest BCUT2D eigenvalue weighted by Crippen LogP contribution is -2.19. The molecular weight excluding hydrogens is 456 g/mol. The molecule has 2 aromatic carbocycles. The molecule has 1 heterocycles. The molecule has 3 rings (SSSR count). The third-order valence-electron chi connectivity index (χ3n) is 5.74. The van der Waals surface area contributed by atoms with Crippen molar-refractivity contribution in [2.45, 2.75) is 51.4 Å². The molecule has 31 heavy (non-hydrogen) atoms. The fourth-order valence-electron chi connectivity index (χ4n) is 3.97. The zero-order valence-corrected chi connectivity index (χ0v) is 19.2. The minimum atomic E-state index is -0.377. The zero-order valence-electron chi connectivity index (χ0n) is 17.6. The van der Waals surface area contributed by atoms with Gasteiger partial charge >= 0.3 is 0 Å². The standard InChI is InChI=1S/C25H29BrN2O3/c26-21-14-10-18(11-15-21)16-19(24(29)8-2-1-3-9-25(30)28-31)12-13-20-17-27-23-7-5-4-6-22(20)23/h4-7,10-11,14-15,17,19,27,31H,1-3,8-9,12-13,16H2,(H,28,30). The van der Waals surface area contributed by atoms with Crippen LogP contribution in [0.5, 0.6) is 0 Å². The Hall–Kier alpha value is -2.44. The number of nitrogens with one attached hydrogen (secondary N) is 2. The first-order chi connectivity index (χ1) is 15.1. The number of benzene rings is 2. The Labute approximate surface area is 191 Å². The molecule has 0 aliphatic rings. The summed E-state index contributed by atoms with van der Waals surface area (Å²) in [5, 5.41) is 9.78. The first kappa shape index (κ1) is 23.2. The lowest BCUT2D eigenvalue weighted by Gasteiger charge is -2.16. The van der Waals surface area contributed by atoms with Crippen LogP contribution in [0.25, 0.3) is 10.9 Å². The van der Waals surface area contributed by atoms with Crippen molar-refractivity contribution in [2.75, 3.05) is 0 Å². The Morgan fingerprint density at radius 2 is 1.74 bits per heavy atom. The normalized spacial score (nSPS) is 12.1. The van der Waals surface area contributed by atoms with E-state index in [9.17, 15) is 9.59 Å². The molecule has 0 aliphatic heterocycles. The van der Waals surface area contributed by atoms with Crippen molar-refractivity contribution in [1.82, 2.24) is 10.5 Å². The van der Waals surface area contributed by atoms with Crippen LogP contribution in [0, 0.1) is 5.92 Å². The molecule has 3 N–H and O–H groups in total. The molecule has 1 atom stereocenters. The second-order valence-corrected chi connectivity index (χ2v) is 8.90. The van der Waals surface area contributed by atoms with Crippen LogP contribution in [0.1, 0.15) is 49.7 Å². The van der Waals surface area contributed by atoms with Crippen molar-refractivity contribution in [3.05, 3.63) is 70.3 Å². The smallest absolute Gasteiger partial charge is 0.243 e. The van der Waals surface area contributed by atoms with Gasteiger partial charge in [-0.1, -0.05) is 52.7 Å². The summed E-state index contributed by atoms with van der Waals surface area (Å²) in [4.78, 5) is 27.5. The highest BCUT2D eigenvalue weighted by atomic mass is 79.9. The maximum atomic E-state index is 13.1. The fourth-order valence-corrected chi connectivity index (χ4v) is 4.24. The van der Waals surface area contributed by atoms with Gasteiger partial charge < -0.3 is 4.98 Å². The molecule has 0 aliphatic carbocycles. The van der Waals surface area contributed by atoms with Crippen molar-refractivity contribution in [3.63, 3.8) is 0 Å². The van der Waals surface area contributed by atoms with E-state index in [0.29, 0.717) is 12.8 Å². The number of hydroxylamine groups is 1. The third-order valence-corrected chi connectivity index (χ3v) is 6.27. The molecule has 1 unspecified atom stereocenters. The number of halogens is 1. The van der Waals surface area contributed by atoms with Crippen LogP contribution < -0.4 is 5.48 Å². The number of H-pyrrole nitrogens is 1. The maximum absolute atomic E-state index is 13.1. The van der Waals surface area contributed by atoms with E-state index in [1.54, 1.807) is 5.48 Å². The van der Waals surface area contributed by atoms with Gasteiger partial charge in [0.2, 0.25) is 5.91 Å². The van der Waals surface area contributed by atoms with E-state index in [1.807, 2.05) is 24.3 Å². The summed E-state index contributed by atoms with van der Waals surface area (Å²) in [7, 11) is 0. The number of hydrogen-bond acceptors (Lipinski definition) is 3. The third kappa shape index (κ3) is 7.04. The lowest BCUT2D eigenvalue weighted by atomic mass is 9.87. The highest BCUT2D eigenvalue weighted by Gasteiger charge is 2.19. The number of carbonyl (C=O) groups excluding carboxylic acids is 2. The topological polar surface area (TPSA) is 82.2 Å². The molecule has 3 aromatic rings. The van der Waals surface area contributed by atoms with Crippen LogP contribution in [0.4, 0.5) is 0 Å². The summed E-state index contributed by atoms with van der Waals surface area (Å²) < 4.78 is 1.03. The number of Topliss-reactive ketones (excluding diaryl/α,β-unsaturated/α-hetero) is 1. The summed E-state index contributed by atoms with van der Waals surface area (Å²) >= 11 is 3.47. The molecule has 0 saturated carbocycles. The van der Waals surface area contributed by atoms with Gasteiger partial charge in [0.05, 0.1) is 0 Å². The summed E-state index contributed by atoms with van der Waals surface area (Å²) in [5.41, 5.74) is 5.19. The number of aromatic amines is 1. The second kappa shape index (κ2) is 11.8. The lowest BCUT2D eigenvalue weighted by molar-refractivity contribution is -0.129. The Bertz CT molecular complexity index is 997. The van der Waals surface area contributed by atoms with Gasteiger partial charge in [-0.25, -0.2) is 5.48 Å². The Balaban J connectivity index is 1.60. The maximum Gasteiger partial charge on any atom is 0.243 e. The van der Waals surface area contributed by atoms with E-state index in [0.717, 1.165) is 42.1 Å². The van der Waals surface area contributed by atoms with E-state index in [-0.39, 0.29) is 24.0 Å². The van der Waals surface area contributed by atoms with Gasteiger partial charge in [-0.05, 0) is 61.4 Å². The highest BCUT2D eigenvalue weighted by Crippen LogP contribution is 2.24. The zero-order chi connectivity index (χ0) is 22.1. The van der Waals surface area contributed by atoms with Crippen LogP contribution in [-0.4, -0.2) is 21.9 Å². The first-order valence-corrected chi connectivity index (χ1v) is 11.6. The number of fused-ring (bicyclic) bond motifs is 1. The molecule has 6 heteroatoms. The highest BCUT2D eigenvalue weighted by molar-refractivity contribution is 9.10. The van der Waals surface area contributed by atoms with Gasteiger partial charge in [0.25, 0.3) is 0 Å². The molecular formula is C25H29BrN2O3. The second-order valence-electron chi connectivity index (χ2n) is 7.99. The summed E-state index contributed by atoms with van der Waals surface area (Å²) in [6.45, 7) is 0. The first-order valence-electron chi connectivity index (χ1n) is 10.8. The quantitative estimate of drug-likeness (QED) is 0.174. The Morgan fingerprint density at radius 1 is 1.00 bits per heavy atom. The predicted octanol–water partition coefficient (Wildman–Crippen LogP) is 5.75. The van der Waals surface area contributed by atoms with Gasteiger partial charge in [0.15, 0.2) is 0 Å². The molecule has 0 spiro atoms. The number of ketones is 1. The number of hydrogen-bond donors (Lipinski definition) is 3. The number of aryl methyl sites for hydroxylation is 1. The predicted molar refractivity (Wildman–Crippen MR) is 126 cm³/mol. The number of amides is 1. The van der Waals surface area contributed by atoms with Gasteiger partial charge in [-0.2, -0.15) is 0 Å². The van der Waals surface area contributed by atoms with Gasteiger partial charge in [0.1, 0.15) is 5.78 Å². The number of carbonyl (C=O) groups is 2. The molecule has 0 saturated heterocycles. The van der Waals surface area contributed by atoms with E-state index in [2.05, 4.69) is 51.4 Å². The average Bonchev–Trinajstić information content (AvgIpc) is 3.20. The van der Waals surface area contributed by atoms with Crippen LogP contribution in [0.15, 0.2) is 59.2 Å². The van der Waals surface area contributed by atoms with Crippen LogP contribution in [-0.2, 0) is 22.4 Å². The molecule has 1 aromatic heterocycles. The van der Waals surface area contributed by atoms with Crippen LogP contribution in [0.3, 0.4) is 0 Å². The summed E-state index contributed by atoms with van der Waals surface area (Å²) in [6, 6.07) is 16.4. The van der Waals surface area contributed by atoms with Gasteiger partial charge in [-0.15, -0.1) is 0 Å². The SMILES string of the molecule is O=C(CCCCCC(=O)C(CCc1c[nH]c2ccccc12)Cc1ccc(Br)cc1)NO. The minimum Gasteiger partial charge on any atom is -0.361 e. The van der Waals surface area contributed by atoms with Crippen molar-refractivity contribution in [3.8, 4) is 0 Å². The van der Waals surface area contributed by atoms with E-state index >= 15 is 0 Å². The van der Waals surface area contributed by atoms with Crippen molar-refractivity contribution >= 4 is 38.5 Å². The number of para-hydroxylation sites is 1. The monoisotopic (exact) mass is 484 g/mol. The summed E-state index contributed by atoms with van der Waals surface area (Å²) in [6.07, 6.45) is 7.50. The van der Waals surface area contributed by atoms with E-state index in [1.165, 1.54) is 16.5 Å². The molecule has 5 nitrogen and oxygen atoms in total. The van der Waals surface area contributed by atoms with Crippen molar-refractivity contribution in [1.29, 1.82) is 0 Å². The van der Waals surface area contributed by atoms with Gasteiger partial charge in [-0.3, -0.25) is 14.8 Å².